The number of hydrazine groups is 1. The highest BCUT2D eigenvalue weighted by Crippen LogP contribution is 2.26. The van der Waals surface area contributed by atoms with Crippen molar-refractivity contribution in [3.8, 4) is 6.01 Å². The highest BCUT2D eigenvalue weighted by molar-refractivity contribution is 8.00. The van der Waals surface area contributed by atoms with Gasteiger partial charge in [-0.3, -0.25) is 5.43 Å². The SMILES string of the molecule is CCCOc1nc(NN)nc(NCC2CCCS2)n1. The molecule has 106 valence electrons. The zero-order valence-corrected chi connectivity index (χ0v) is 11.9. The molecular formula is C11H20N6OS. The first-order chi connectivity index (χ1) is 9.31. The Hall–Kier alpha value is -1.28. The number of aromatic nitrogens is 3. The summed E-state index contributed by atoms with van der Waals surface area (Å²) in [6, 6.07) is 0.298. The van der Waals surface area contributed by atoms with Crippen LogP contribution in [0.4, 0.5) is 11.9 Å². The lowest BCUT2D eigenvalue weighted by molar-refractivity contribution is 0.292. The maximum absolute atomic E-state index is 5.41. The smallest absolute Gasteiger partial charge is 0.323 e. The van der Waals surface area contributed by atoms with Crippen LogP contribution >= 0.6 is 11.8 Å². The molecule has 0 aliphatic carbocycles. The summed E-state index contributed by atoms with van der Waals surface area (Å²) in [5.41, 5.74) is 2.42. The fraction of sp³-hybridized carbons (Fsp3) is 0.727. The first kappa shape index (κ1) is 14.1. The number of anilines is 2. The molecule has 2 rings (SSSR count). The lowest BCUT2D eigenvalue weighted by Gasteiger charge is -2.11. The predicted molar refractivity (Wildman–Crippen MR) is 77.4 cm³/mol. The van der Waals surface area contributed by atoms with Crippen LogP contribution in [0.3, 0.4) is 0 Å². The van der Waals surface area contributed by atoms with E-state index in [1.54, 1.807) is 0 Å². The van der Waals surface area contributed by atoms with Gasteiger partial charge in [0.25, 0.3) is 0 Å². The Morgan fingerprint density at radius 2 is 2.21 bits per heavy atom. The fourth-order valence-corrected chi connectivity index (χ4v) is 2.97. The van der Waals surface area contributed by atoms with Crippen LogP contribution in [0.1, 0.15) is 26.2 Å². The molecule has 0 saturated carbocycles. The van der Waals surface area contributed by atoms with Gasteiger partial charge in [-0.25, -0.2) is 5.84 Å². The van der Waals surface area contributed by atoms with Gasteiger partial charge in [0.05, 0.1) is 6.61 Å². The summed E-state index contributed by atoms with van der Waals surface area (Å²) < 4.78 is 5.41. The van der Waals surface area contributed by atoms with Crippen molar-refractivity contribution in [2.75, 3.05) is 29.6 Å². The predicted octanol–water partition coefficient (Wildman–Crippen LogP) is 1.25. The minimum atomic E-state index is 0.298. The molecule has 19 heavy (non-hydrogen) atoms. The van der Waals surface area contributed by atoms with Crippen LogP contribution in [0.2, 0.25) is 0 Å². The maximum Gasteiger partial charge on any atom is 0.323 e. The van der Waals surface area contributed by atoms with Gasteiger partial charge in [0.2, 0.25) is 11.9 Å². The van der Waals surface area contributed by atoms with E-state index in [1.165, 1.54) is 18.6 Å². The van der Waals surface area contributed by atoms with Gasteiger partial charge in [0.15, 0.2) is 0 Å². The Bertz CT molecular complexity index is 399. The zero-order valence-electron chi connectivity index (χ0n) is 11.1. The first-order valence-electron chi connectivity index (χ1n) is 6.52. The Labute approximate surface area is 117 Å². The van der Waals surface area contributed by atoms with Crippen molar-refractivity contribution in [2.45, 2.75) is 31.4 Å². The molecule has 1 aromatic heterocycles. The molecule has 0 aromatic carbocycles. The average Bonchev–Trinajstić information content (AvgIpc) is 2.96. The van der Waals surface area contributed by atoms with E-state index in [2.05, 4.69) is 25.7 Å². The van der Waals surface area contributed by atoms with Crippen LogP contribution in [0.15, 0.2) is 0 Å². The Balaban J connectivity index is 1.96. The van der Waals surface area contributed by atoms with Gasteiger partial charge in [-0.05, 0) is 25.0 Å². The molecule has 4 N–H and O–H groups in total. The molecule has 1 aliphatic heterocycles. The van der Waals surface area contributed by atoms with Gasteiger partial charge < -0.3 is 10.1 Å². The number of nitrogens with two attached hydrogens (primary N) is 1. The second-order valence-electron chi connectivity index (χ2n) is 4.27. The largest absolute Gasteiger partial charge is 0.463 e. The third-order valence-electron chi connectivity index (χ3n) is 2.69. The van der Waals surface area contributed by atoms with E-state index in [0.29, 0.717) is 29.8 Å². The Morgan fingerprint density at radius 1 is 1.37 bits per heavy atom. The van der Waals surface area contributed by atoms with Crippen LogP contribution < -0.4 is 21.3 Å². The summed E-state index contributed by atoms with van der Waals surface area (Å²) in [5.74, 6) is 7.39. The number of nitrogens with zero attached hydrogens (tertiary/aromatic N) is 3. The van der Waals surface area contributed by atoms with Crippen LogP contribution in [-0.2, 0) is 0 Å². The number of nitrogens with one attached hydrogen (secondary N) is 2. The van der Waals surface area contributed by atoms with Gasteiger partial charge in [-0.2, -0.15) is 26.7 Å². The van der Waals surface area contributed by atoms with Crippen LogP contribution in [0.25, 0.3) is 0 Å². The minimum absolute atomic E-state index is 0.298. The summed E-state index contributed by atoms with van der Waals surface area (Å²) in [4.78, 5) is 12.4. The van der Waals surface area contributed by atoms with E-state index >= 15 is 0 Å². The van der Waals surface area contributed by atoms with Crippen molar-refractivity contribution >= 4 is 23.7 Å². The van der Waals surface area contributed by atoms with Gasteiger partial charge >= 0.3 is 6.01 Å². The van der Waals surface area contributed by atoms with Gasteiger partial charge in [0.1, 0.15) is 0 Å². The zero-order chi connectivity index (χ0) is 13.5. The van der Waals surface area contributed by atoms with Crippen molar-refractivity contribution in [2.24, 2.45) is 5.84 Å². The molecule has 0 bridgehead atoms. The van der Waals surface area contributed by atoms with Gasteiger partial charge in [-0.1, -0.05) is 6.92 Å². The standard InChI is InChI=1S/C11H20N6OS/c1-2-5-18-11-15-9(14-10(16-11)17-12)13-7-8-4-3-6-19-8/h8H,2-7,12H2,1H3,(H2,13,14,15,16,17). The number of ether oxygens (including phenoxy) is 1. The fourth-order valence-electron chi connectivity index (χ4n) is 1.77. The van der Waals surface area contributed by atoms with E-state index in [0.717, 1.165) is 13.0 Å². The number of thioether (sulfide) groups is 1. The van der Waals surface area contributed by atoms with Crippen LogP contribution in [0, 0.1) is 0 Å². The normalized spacial score (nSPS) is 18.3. The Morgan fingerprint density at radius 3 is 2.89 bits per heavy atom. The molecule has 7 nitrogen and oxygen atoms in total. The topological polar surface area (TPSA) is 98.0 Å². The monoisotopic (exact) mass is 284 g/mol. The van der Waals surface area contributed by atoms with Crippen molar-refractivity contribution < 1.29 is 4.74 Å². The molecule has 8 heteroatoms. The summed E-state index contributed by atoms with van der Waals surface area (Å²) in [5, 5.41) is 3.85. The second-order valence-corrected chi connectivity index (χ2v) is 5.68. The van der Waals surface area contributed by atoms with Gasteiger partial charge in [0, 0.05) is 11.8 Å². The molecule has 1 aromatic rings. The summed E-state index contributed by atoms with van der Waals surface area (Å²) >= 11 is 1.98. The van der Waals surface area contributed by atoms with Crippen molar-refractivity contribution in [1.29, 1.82) is 0 Å². The Kier molecular flexibility index (Phi) is 5.46. The first-order valence-corrected chi connectivity index (χ1v) is 7.57. The van der Waals surface area contributed by atoms with Crippen LogP contribution in [-0.4, -0.2) is 39.1 Å². The molecule has 1 atom stereocenters. The number of rotatable bonds is 7. The molecule has 1 aliphatic rings. The highest BCUT2D eigenvalue weighted by atomic mass is 32.2. The molecule has 0 spiro atoms. The maximum atomic E-state index is 5.41. The molecule has 0 radical (unpaired) electrons. The van der Waals surface area contributed by atoms with Crippen molar-refractivity contribution in [3.63, 3.8) is 0 Å². The number of hydrogen-bond acceptors (Lipinski definition) is 8. The number of nitrogen functional groups attached to an aromatic ring is 1. The van der Waals surface area contributed by atoms with Crippen molar-refractivity contribution in [1.82, 2.24) is 15.0 Å². The summed E-state index contributed by atoms with van der Waals surface area (Å²) in [6.07, 6.45) is 3.43. The van der Waals surface area contributed by atoms with Crippen LogP contribution in [0.5, 0.6) is 6.01 Å². The molecule has 2 heterocycles. The minimum Gasteiger partial charge on any atom is -0.463 e. The highest BCUT2D eigenvalue weighted by Gasteiger charge is 2.16. The molecule has 1 saturated heterocycles. The summed E-state index contributed by atoms with van der Waals surface area (Å²) in [6.45, 7) is 3.46. The molecule has 0 amide bonds. The molecule has 1 unspecified atom stereocenters. The van der Waals surface area contributed by atoms with Gasteiger partial charge in [-0.15, -0.1) is 0 Å². The third kappa shape index (κ3) is 4.39. The average molecular weight is 284 g/mol. The summed E-state index contributed by atoms with van der Waals surface area (Å²) in [7, 11) is 0. The van der Waals surface area contributed by atoms with E-state index in [1.807, 2.05) is 18.7 Å². The van der Waals surface area contributed by atoms with E-state index in [4.69, 9.17) is 10.6 Å². The second kappa shape index (κ2) is 7.34. The van der Waals surface area contributed by atoms with Crippen molar-refractivity contribution in [3.05, 3.63) is 0 Å². The number of hydrogen-bond donors (Lipinski definition) is 3. The van der Waals surface area contributed by atoms with E-state index in [-0.39, 0.29) is 0 Å². The molecule has 1 fully saturated rings. The lowest BCUT2D eigenvalue weighted by atomic mass is 10.2. The lowest BCUT2D eigenvalue weighted by Crippen LogP contribution is -2.18. The van der Waals surface area contributed by atoms with E-state index < -0.39 is 0 Å². The van der Waals surface area contributed by atoms with E-state index in [9.17, 15) is 0 Å². The third-order valence-corrected chi connectivity index (χ3v) is 4.09. The quantitative estimate of drug-likeness (QED) is 0.508. The molecular weight excluding hydrogens is 264 g/mol.